The summed E-state index contributed by atoms with van der Waals surface area (Å²) < 4.78 is 38.6. The number of nitrogens with one attached hydrogen (secondary N) is 1. The van der Waals surface area contributed by atoms with E-state index in [0.717, 1.165) is 47.9 Å². The third kappa shape index (κ3) is 7.29. The predicted molar refractivity (Wildman–Crippen MR) is 149 cm³/mol. The number of anilines is 1. The number of pyridine rings is 1. The standard InChI is InChI=1S/C32H35F3N2O3/c1-3-22(16-29(38)39)27-9-6-10-28(20(27)2)37-31(40)30(24-7-4-5-8-24)25-13-11-23(12-14-25)26-15-21(18-36-19-26)17-32(33,34)35/h6,9-15,18-19,22,24,30H,3-5,7-8,16-17H2,1-2H3,(H,37,40)(H,38,39). The van der Waals surface area contributed by atoms with Gasteiger partial charge in [0.2, 0.25) is 5.91 Å². The van der Waals surface area contributed by atoms with Crippen molar-refractivity contribution in [3.05, 3.63) is 83.2 Å². The zero-order valence-electron chi connectivity index (χ0n) is 22.8. The molecular weight excluding hydrogens is 517 g/mol. The summed E-state index contributed by atoms with van der Waals surface area (Å²) in [6.07, 6.45) is 2.14. The molecule has 1 heterocycles. The molecule has 2 atom stereocenters. The highest BCUT2D eigenvalue weighted by Gasteiger charge is 2.33. The van der Waals surface area contributed by atoms with Crippen molar-refractivity contribution in [3.63, 3.8) is 0 Å². The second-order valence-corrected chi connectivity index (χ2v) is 10.7. The summed E-state index contributed by atoms with van der Waals surface area (Å²) in [5, 5.41) is 12.5. The maximum atomic E-state index is 13.8. The average molecular weight is 553 g/mol. The fourth-order valence-corrected chi connectivity index (χ4v) is 5.91. The second kappa shape index (κ2) is 12.7. The molecule has 40 heavy (non-hydrogen) atoms. The second-order valence-electron chi connectivity index (χ2n) is 10.7. The average Bonchev–Trinajstić information content (AvgIpc) is 3.43. The first-order valence-electron chi connectivity index (χ1n) is 13.8. The summed E-state index contributed by atoms with van der Waals surface area (Å²) in [4.78, 5) is 29.2. The summed E-state index contributed by atoms with van der Waals surface area (Å²) in [6, 6.07) is 14.6. The molecule has 0 spiro atoms. The monoisotopic (exact) mass is 552 g/mol. The molecule has 1 aliphatic carbocycles. The Morgan fingerprint density at radius 1 is 1.05 bits per heavy atom. The highest BCUT2D eigenvalue weighted by Crippen LogP contribution is 2.39. The van der Waals surface area contributed by atoms with Crippen molar-refractivity contribution >= 4 is 17.6 Å². The van der Waals surface area contributed by atoms with Gasteiger partial charge in [0, 0.05) is 23.6 Å². The topological polar surface area (TPSA) is 79.3 Å². The van der Waals surface area contributed by atoms with Gasteiger partial charge in [0.25, 0.3) is 0 Å². The van der Waals surface area contributed by atoms with Gasteiger partial charge in [-0.25, -0.2) is 0 Å². The van der Waals surface area contributed by atoms with Gasteiger partial charge in [0.15, 0.2) is 0 Å². The van der Waals surface area contributed by atoms with Crippen molar-refractivity contribution < 1.29 is 27.9 Å². The van der Waals surface area contributed by atoms with Crippen LogP contribution in [0.2, 0.25) is 0 Å². The molecule has 4 rings (SSSR count). The molecule has 1 aliphatic rings. The van der Waals surface area contributed by atoms with Gasteiger partial charge >= 0.3 is 12.1 Å². The van der Waals surface area contributed by atoms with Crippen LogP contribution >= 0.6 is 0 Å². The number of halogens is 3. The van der Waals surface area contributed by atoms with Gasteiger partial charge in [0.1, 0.15) is 0 Å². The summed E-state index contributed by atoms with van der Waals surface area (Å²) in [6.45, 7) is 3.87. The van der Waals surface area contributed by atoms with E-state index in [9.17, 15) is 27.9 Å². The Labute approximate surface area is 232 Å². The van der Waals surface area contributed by atoms with Crippen LogP contribution in [0, 0.1) is 12.8 Å². The maximum Gasteiger partial charge on any atom is 0.393 e. The number of rotatable bonds is 10. The Hall–Kier alpha value is -3.68. The zero-order valence-corrected chi connectivity index (χ0v) is 22.8. The maximum absolute atomic E-state index is 13.8. The Morgan fingerprint density at radius 2 is 1.75 bits per heavy atom. The number of carbonyl (C=O) groups excluding carboxylic acids is 1. The molecule has 0 radical (unpaired) electrons. The molecule has 8 heteroatoms. The number of carboxylic acid groups (broad SMARTS) is 1. The number of nitrogens with zero attached hydrogens (tertiary/aromatic N) is 1. The van der Waals surface area contributed by atoms with Crippen LogP contribution < -0.4 is 5.32 Å². The molecule has 1 aromatic heterocycles. The largest absolute Gasteiger partial charge is 0.481 e. The Kier molecular flexibility index (Phi) is 9.28. The van der Waals surface area contributed by atoms with Crippen molar-refractivity contribution in [2.45, 2.75) is 76.8 Å². The molecule has 1 saturated carbocycles. The SMILES string of the molecule is CCC(CC(=O)O)c1cccc(NC(=O)C(c2ccc(-c3cncc(CC(F)(F)F)c3)cc2)C2CCCC2)c1C. The third-order valence-corrected chi connectivity index (χ3v) is 7.94. The van der Waals surface area contributed by atoms with E-state index in [0.29, 0.717) is 17.7 Å². The van der Waals surface area contributed by atoms with E-state index in [2.05, 4.69) is 10.3 Å². The first-order valence-corrected chi connectivity index (χ1v) is 13.8. The highest BCUT2D eigenvalue weighted by molar-refractivity contribution is 5.97. The number of amides is 1. The number of alkyl halides is 3. The van der Waals surface area contributed by atoms with E-state index < -0.39 is 18.6 Å². The van der Waals surface area contributed by atoms with E-state index in [-0.39, 0.29) is 35.6 Å². The molecule has 0 bridgehead atoms. The lowest BCUT2D eigenvalue weighted by molar-refractivity contribution is -0.137. The minimum atomic E-state index is -4.31. The quantitative estimate of drug-likeness (QED) is 0.267. The minimum Gasteiger partial charge on any atom is -0.481 e. The number of aromatic nitrogens is 1. The number of hydrogen-bond acceptors (Lipinski definition) is 3. The van der Waals surface area contributed by atoms with Crippen molar-refractivity contribution in [3.8, 4) is 11.1 Å². The van der Waals surface area contributed by atoms with Gasteiger partial charge in [-0.1, -0.05) is 56.2 Å². The number of aliphatic carboxylic acids is 1. The van der Waals surface area contributed by atoms with Crippen molar-refractivity contribution in [1.29, 1.82) is 0 Å². The Morgan fingerprint density at radius 3 is 2.38 bits per heavy atom. The van der Waals surface area contributed by atoms with E-state index >= 15 is 0 Å². The van der Waals surface area contributed by atoms with Gasteiger partial charge in [-0.05, 0) is 78.0 Å². The summed E-state index contributed by atoms with van der Waals surface area (Å²) >= 11 is 0. The molecule has 2 N–H and O–H groups in total. The summed E-state index contributed by atoms with van der Waals surface area (Å²) in [5.41, 5.74) is 4.76. The van der Waals surface area contributed by atoms with Gasteiger partial charge in [-0.15, -0.1) is 0 Å². The number of carboxylic acids is 1. The lowest BCUT2D eigenvalue weighted by Gasteiger charge is -2.25. The molecule has 5 nitrogen and oxygen atoms in total. The van der Waals surface area contributed by atoms with Crippen LogP contribution in [0.3, 0.4) is 0 Å². The van der Waals surface area contributed by atoms with E-state index in [1.165, 1.54) is 12.3 Å². The van der Waals surface area contributed by atoms with Crippen LogP contribution in [0.15, 0.2) is 60.9 Å². The fourth-order valence-electron chi connectivity index (χ4n) is 5.91. The molecule has 1 amide bonds. The first-order chi connectivity index (χ1) is 19.1. The first kappa shape index (κ1) is 29.3. The van der Waals surface area contributed by atoms with Gasteiger partial charge in [-0.2, -0.15) is 13.2 Å². The minimum absolute atomic E-state index is 0.0282. The predicted octanol–water partition coefficient (Wildman–Crippen LogP) is 8.04. The van der Waals surface area contributed by atoms with Crippen molar-refractivity contribution in [2.24, 2.45) is 5.92 Å². The fraction of sp³-hybridized carbons (Fsp3) is 0.406. The Bertz CT molecular complexity index is 1330. The summed E-state index contributed by atoms with van der Waals surface area (Å²) in [7, 11) is 0. The van der Waals surface area contributed by atoms with Crippen molar-refractivity contribution in [2.75, 3.05) is 5.32 Å². The van der Waals surface area contributed by atoms with Gasteiger partial charge in [0.05, 0.1) is 18.8 Å². The number of benzene rings is 2. The van der Waals surface area contributed by atoms with Crippen LogP contribution in [0.25, 0.3) is 11.1 Å². The van der Waals surface area contributed by atoms with Gasteiger partial charge in [-0.3, -0.25) is 14.6 Å². The number of hydrogen-bond donors (Lipinski definition) is 2. The van der Waals surface area contributed by atoms with Crippen LogP contribution in [-0.4, -0.2) is 28.1 Å². The highest BCUT2D eigenvalue weighted by atomic mass is 19.4. The molecule has 2 aromatic carbocycles. The molecule has 0 aliphatic heterocycles. The molecule has 3 aromatic rings. The lowest BCUT2D eigenvalue weighted by Crippen LogP contribution is -2.27. The zero-order chi connectivity index (χ0) is 28.9. The molecule has 2 unspecified atom stereocenters. The van der Waals surface area contributed by atoms with Crippen LogP contribution in [0.5, 0.6) is 0 Å². The van der Waals surface area contributed by atoms with E-state index in [4.69, 9.17) is 0 Å². The molecule has 0 saturated heterocycles. The van der Waals surface area contributed by atoms with Crippen LogP contribution in [0.1, 0.15) is 79.5 Å². The molecule has 212 valence electrons. The number of carbonyl (C=O) groups is 2. The van der Waals surface area contributed by atoms with Crippen molar-refractivity contribution in [1.82, 2.24) is 4.98 Å². The van der Waals surface area contributed by atoms with E-state index in [1.54, 1.807) is 6.20 Å². The third-order valence-electron chi connectivity index (χ3n) is 7.94. The smallest absolute Gasteiger partial charge is 0.393 e. The molecule has 1 fully saturated rings. The van der Waals surface area contributed by atoms with E-state index in [1.807, 2.05) is 56.3 Å². The van der Waals surface area contributed by atoms with Gasteiger partial charge < -0.3 is 10.4 Å². The normalized spacial score (nSPS) is 15.5. The van der Waals surface area contributed by atoms with Crippen LogP contribution in [0.4, 0.5) is 18.9 Å². The molecular formula is C32H35F3N2O3. The van der Waals surface area contributed by atoms with Crippen LogP contribution in [-0.2, 0) is 16.0 Å². The summed E-state index contributed by atoms with van der Waals surface area (Å²) in [5.74, 6) is -1.30. The lowest BCUT2D eigenvalue weighted by atomic mass is 9.83. The Balaban J connectivity index is 1.59.